The largest absolute Gasteiger partial charge is 0.384 e. The molecule has 22 heavy (non-hydrogen) atoms. The third kappa shape index (κ3) is 3.50. The number of amides is 2. The summed E-state index contributed by atoms with van der Waals surface area (Å²) in [7, 11) is 0. The zero-order valence-electron chi connectivity index (χ0n) is 12.3. The topological polar surface area (TPSA) is 88.3 Å². The Morgan fingerprint density at radius 1 is 1.32 bits per heavy atom. The first-order chi connectivity index (χ1) is 10.1. The molecule has 1 aliphatic carbocycles. The number of carbonyl (C=O) groups is 2. The molecule has 2 aliphatic rings. The van der Waals surface area contributed by atoms with Crippen LogP contribution in [0.25, 0.3) is 0 Å². The molecular formula is C15H21ClN4O2. The van der Waals surface area contributed by atoms with Gasteiger partial charge in [0.05, 0.1) is 17.8 Å². The Labute approximate surface area is 135 Å². The van der Waals surface area contributed by atoms with E-state index < -0.39 is 0 Å². The first-order valence-corrected chi connectivity index (χ1v) is 7.45. The van der Waals surface area contributed by atoms with Crippen LogP contribution in [-0.4, -0.2) is 34.3 Å². The lowest BCUT2D eigenvalue weighted by atomic mass is 10.1. The molecule has 1 unspecified atom stereocenters. The van der Waals surface area contributed by atoms with E-state index in [9.17, 15) is 9.59 Å². The number of rotatable bonds is 3. The lowest BCUT2D eigenvalue weighted by Gasteiger charge is -2.23. The molecule has 1 aromatic heterocycles. The molecule has 0 aromatic carbocycles. The number of nitrogens with one attached hydrogen (secondary N) is 1. The number of aromatic nitrogens is 1. The Balaban J connectivity index is 0.00000176. The average molecular weight is 325 g/mol. The van der Waals surface area contributed by atoms with E-state index in [0.717, 1.165) is 12.8 Å². The van der Waals surface area contributed by atoms with Gasteiger partial charge in [0.2, 0.25) is 11.8 Å². The van der Waals surface area contributed by atoms with E-state index in [0.29, 0.717) is 30.5 Å². The highest BCUT2D eigenvalue weighted by atomic mass is 35.5. The Morgan fingerprint density at radius 2 is 2.05 bits per heavy atom. The third-order valence-corrected chi connectivity index (χ3v) is 4.35. The van der Waals surface area contributed by atoms with E-state index in [-0.39, 0.29) is 30.1 Å². The lowest BCUT2D eigenvalue weighted by Crippen LogP contribution is -2.35. The summed E-state index contributed by atoms with van der Waals surface area (Å²) < 4.78 is 0. The van der Waals surface area contributed by atoms with Crippen LogP contribution in [-0.2, 0) is 9.59 Å². The summed E-state index contributed by atoms with van der Waals surface area (Å²) in [4.78, 5) is 30.2. The fourth-order valence-corrected chi connectivity index (χ4v) is 3.20. The standard InChI is InChI=1S/C15H20N4O2.ClH/c16-13-6-5-11(8-17-13)18-15(21)10-7-14(20)19(9-10)12-3-1-2-4-12;/h5-6,8,10,12H,1-4,7,9H2,(H2,16,17)(H,18,21);1H. The van der Waals surface area contributed by atoms with E-state index in [2.05, 4.69) is 10.3 Å². The molecule has 1 saturated heterocycles. The first-order valence-electron chi connectivity index (χ1n) is 7.45. The van der Waals surface area contributed by atoms with Crippen molar-refractivity contribution in [2.45, 2.75) is 38.1 Å². The van der Waals surface area contributed by atoms with Gasteiger partial charge in [0.1, 0.15) is 5.82 Å². The van der Waals surface area contributed by atoms with Gasteiger partial charge < -0.3 is 16.0 Å². The lowest BCUT2D eigenvalue weighted by molar-refractivity contribution is -0.129. The predicted octanol–water partition coefficient (Wildman–Crippen LogP) is 1.82. The van der Waals surface area contributed by atoms with Crippen LogP contribution in [0.4, 0.5) is 11.5 Å². The maximum absolute atomic E-state index is 12.3. The third-order valence-electron chi connectivity index (χ3n) is 4.35. The molecule has 1 saturated carbocycles. The summed E-state index contributed by atoms with van der Waals surface area (Å²) >= 11 is 0. The molecule has 2 fully saturated rings. The molecule has 3 rings (SSSR count). The van der Waals surface area contributed by atoms with Gasteiger partial charge in [-0.25, -0.2) is 4.98 Å². The second kappa shape index (κ2) is 6.96. The first kappa shape index (κ1) is 16.5. The predicted molar refractivity (Wildman–Crippen MR) is 86.6 cm³/mol. The number of nitrogens with zero attached hydrogens (tertiary/aromatic N) is 2. The van der Waals surface area contributed by atoms with Crippen molar-refractivity contribution < 1.29 is 9.59 Å². The van der Waals surface area contributed by atoms with Crippen molar-refractivity contribution in [1.82, 2.24) is 9.88 Å². The maximum Gasteiger partial charge on any atom is 0.229 e. The highest BCUT2D eigenvalue weighted by Crippen LogP contribution is 2.29. The summed E-state index contributed by atoms with van der Waals surface area (Å²) in [6.45, 7) is 0.539. The monoisotopic (exact) mass is 324 g/mol. The molecule has 1 aliphatic heterocycles. The van der Waals surface area contributed by atoms with Crippen LogP contribution in [0.3, 0.4) is 0 Å². The van der Waals surface area contributed by atoms with Crippen molar-refractivity contribution in [2.75, 3.05) is 17.6 Å². The summed E-state index contributed by atoms with van der Waals surface area (Å²) in [5.41, 5.74) is 6.12. The van der Waals surface area contributed by atoms with E-state index in [1.807, 2.05) is 4.90 Å². The van der Waals surface area contributed by atoms with Crippen LogP contribution in [0.2, 0.25) is 0 Å². The van der Waals surface area contributed by atoms with Crippen LogP contribution < -0.4 is 11.1 Å². The summed E-state index contributed by atoms with van der Waals surface area (Å²) in [6, 6.07) is 3.69. The molecule has 0 spiro atoms. The van der Waals surface area contributed by atoms with Gasteiger partial charge in [-0.2, -0.15) is 0 Å². The van der Waals surface area contributed by atoms with Crippen molar-refractivity contribution in [3.8, 4) is 0 Å². The van der Waals surface area contributed by atoms with Crippen LogP contribution >= 0.6 is 12.4 Å². The smallest absolute Gasteiger partial charge is 0.229 e. The summed E-state index contributed by atoms with van der Waals surface area (Å²) in [5.74, 6) is 0.139. The van der Waals surface area contributed by atoms with Crippen molar-refractivity contribution in [3.05, 3.63) is 18.3 Å². The number of likely N-dealkylation sites (tertiary alicyclic amines) is 1. The van der Waals surface area contributed by atoms with Gasteiger partial charge >= 0.3 is 0 Å². The number of nitrogens with two attached hydrogens (primary N) is 1. The fourth-order valence-electron chi connectivity index (χ4n) is 3.20. The normalized spacial score (nSPS) is 21.7. The SMILES string of the molecule is Cl.Nc1ccc(NC(=O)C2CC(=O)N(C3CCCC3)C2)cn1. The van der Waals surface area contributed by atoms with Crippen LogP contribution in [0, 0.1) is 5.92 Å². The zero-order valence-corrected chi connectivity index (χ0v) is 13.1. The molecule has 120 valence electrons. The number of pyridine rings is 1. The molecule has 0 bridgehead atoms. The van der Waals surface area contributed by atoms with Crippen molar-refractivity contribution in [2.24, 2.45) is 5.92 Å². The number of carbonyl (C=O) groups excluding carboxylic acids is 2. The summed E-state index contributed by atoms with van der Waals surface area (Å²) in [5, 5.41) is 2.81. The average Bonchev–Trinajstić information content (AvgIpc) is 3.10. The highest BCUT2D eigenvalue weighted by molar-refractivity contribution is 5.97. The minimum atomic E-state index is -0.268. The summed E-state index contributed by atoms with van der Waals surface area (Å²) in [6.07, 6.45) is 6.35. The molecule has 2 heterocycles. The van der Waals surface area contributed by atoms with Crippen molar-refractivity contribution in [3.63, 3.8) is 0 Å². The van der Waals surface area contributed by atoms with E-state index in [1.165, 1.54) is 19.0 Å². The van der Waals surface area contributed by atoms with Gasteiger partial charge in [0.15, 0.2) is 0 Å². The van der Waals surface area contributed by atoms with Crippen molar-refractivity contribution in [1.29, 1.82) is 0 Å². The Hall–Kier alpha value is -1.82. The van der Waals surface area contributed by atoms with E-state index in [1.54, 1.807) is 12.1 Å². The van der Waals surface area contributed by atoms with Gasteiger partial charge in [0.25, 0.3) is 0 Å². The number of hydrogen-bond acceptors (Lipinski definition) is 4. The molecule has 2 amide bonds. The van der Waals surface area contributed by atoms with E-state index >= 15 is 0 Å². The second-order valence-corrected chi connectivity index (χ2v) is 5.85. The number of nitrogen functional groups attached to an aromatic ring is 1. The Bertz CT molecular complexity index is 543. The zero-order chi connectivity index (χ0) is 14.8. The van der Waals surface area contributed by atoms with Crippen LogP contribution in [0.15, 0.2) is 18.3 Å². The molecule has 0 radical (unpaired) electrons. The molecular weight excluding hydrogens is 304 g/mol. The second-order valence-electron chi connectivity index (χ2n) is 5.85. The maximum atomic E-state index is 12.3. The number of anilines is 2. The fraction of sp³-hybridized carbons (Fsp3) is 0.533. The van der Waals surface area contributed by atoms with E-state index in [4.69, 9.17) is 5.73 Å². The minimum Gasteiger partial charge on any atom is -0.384 e. The van der Waals surface area contributed by atoms with Crippen molar-refractivity contribution >= 4 is 35.7 Å². The molecule has 1 atom stereocenters. The molecule has 1 aromatic rings. The Morgan fingerprint density at radius 3 is 2.68 bits per heavy atom. The van der Waals surface area contributed by atoms with Gasteiger partial charge in [-0.15, -0.1) is 12.4 Å². The van der Waals surface area contributed by atoms with Crippen LogP contribution in [0.5, 0.6) is 0 Å². The highest BCUT2D eigenvalue weighted by Gasteiger charge is 2.38. The molecule has 3 N–H and O–H groups in total. The number of hydrogen-bond donors (Lipinski definition) is 2. The minimum absolute atomic E-state index is 0. The van der Waals surface area contributed by atoms with Crippen LogP contribution in [0.1, 0.15) is 32.1 Å². The van der Waals surface area contributed by atoms with Gasteiger partial charge in [-0.1, -0.05) is 12.8 Å². The quantitative estimate of drug-likeness (QED) is 0.887. The molecule has 7 heteroatoms. The number of halogens is 1. The van der Waals surface area contributed by atoms with Gasteiger partial charge in [-0.3, -0.25) is 9.59 Å². The molecule has 6 nitrogen and oxygen atoms in total. The van der Waals surface area contributed by atoms with Gasteiger partial charge in [-0.05, 0) is 25.0 Å². The Kier molecular flexibility index (Phi) is 5.24. The van der Waals surface area contributed by atoms with Gasteiger partial charge in [0, 0.05) is 19.0 Å².